The van der Waals surface area contributed by atoms with Crippen LogP contribution in [0.25, 0.3) is 0 Å². The van der Waals surface area contributed by atoms with Crippen molar-refractivity contribution in [1.82, 2.24) is 5.32 Å². The molecule has 0 heterocycles. The smallest absolute Gasteiger partial charge is 0.257 e. The molecule has 1 aromatic carbocycles. The topological polar surface area (TPSA) is 58.6 Å². The van der Waals surface area contributed by atoms with Gasteiger partial charge in [0.25, 0.3) is 5.91 Å². The molecule has 1 aromatic rings. The SMILES string of the molecule is Cc1ccccc1OCC(=O)NCC[C@@H](O)C1CC1. The number of hydrogen-bond acceptors (Lipinski definition) is 3. The first-order valence-corrected chi connectivity index (χ1v) is 6.80. The monoisotopic (exact) mass is 263 g/mol. The maximum Gasteiger partial charge on any atom is 0.257 e. The lowest BCUT2D eigenvalue weighted by atomic mass is 10.2. The molecule has 1 aliphatic carbocycles. The second-order valence-electron chi connectivity index (χ2n) is 5.10. The average Bonchev–Trinajstić information content (AvgIpc) is 3.22. The Bertz CT molecular complexity index is 429. The highest BCUT2D eigenvalue weighted by Crippen LogP contribution is 2.33. The van der Waals surface area contributed by atoms with Crippen molar-refractivity contribution in [2.24, 2.45) is 5.92 Å². The molecule has 0 aromatic heterocycles. The minimum absolute atomic E-state index is 0.0182. The van der Waals surface area contributed by atoms with Gasteiger partial charge in [0.05, 0.1) is 6.10 Å². The van der Waals surface area contributed by atoms with Crippen molar-refractivity contribution in [2.75, 3.05) is 13.2 Å². The van der Waals surface area contributed by atoms with Crippen molar-refractivity contribution in [1.29, 1.82) is 0 Å². The van der Waals surface area contributed by atoms with E-state index in [9.17, 15) is 9.90 Å². The number of hydrogen-bond donors (Lipinski definition) is 2. The van der Waals surface area contributed by atoms with Crippen molar-refractivity contribution in [3.05, 3.63) is 29.8 Å². The van der Waals surface area contributed by atoms with Gasteiger partial charge in [-0.25, -0.2) is 0 Å². The van der Waals surface area contributed by atoms with Gasteiger partial charge in [0.15, 0.2) is 6.61 Å². The third kappa shape index (κ3) is 4.56. The highest BCUT2D eigenvalue weighted by atomic mass is 16.5. The number of aliphatic hydroxyl groups is 1. The van der Waals surface area contributed by atoms with Crippen LogP contribution in [-0.4, -0.2) is 30.3 Å². The molecule has 1 fully saturated rings. The molecule has 0 aliphatic heterocycles. The summed E-state index contributed by atoms with van der Waals surface area (Å²) in [5, 5.41) is 12.4. The molecule has 1 amide bonds. The van der Waals surface area contributed by atoms with Gasteiger partial charge in [0.2, 0.25) is 0 Å². The van der Waals surface area contributed by atoms with Crippen molar-refractivity contribution in [3.8, 4) is 5.75 Å². The molecule has 0 saturated heterocycles. The number of nitrogens with one attached hydrogen (secondary N) is 1. The third-order valence-corrected chi connectivity index (χ3v) is 3.38. The molecular formula is C15H21NO3. The number of rotatable bonds is 7. The third-order valence-electron chi connectivity index (χ3n) is 3.38. The molecule has 0 bridgehead atoms. The van der Waals surface area contributed by atoms with E-state index in [0.29, 0.717) is 18.9 Å². The Morgan fingerprint density at radius 1 is 1.47 bits per heavy atom. The average molecular weight is 263 g/mol. The van der Waals surface area contributed by atoms with Gasteiger partial charge in [-0.1, -0.05) is 18.2 Å². The Hall–Kier alpha value is -1.55. The van der Waals surface area contributed by atoms with Crippen molar-refractivity contribution >= 4 is 5.91 Å². The van der Waals surface area contributed by atoms with Crippen LogP contribution in [0.2, 0.25) is 0 Å². The highest BCUT2D eigenvalue weighted by Gasteiger charge is 2.29. The number of para-hydroxylation sites is 1. The van der Waals surface area contributed by atoms with Gasteiger partial charge in [-0.3, -0.25) is 4.79 Å². The van der Waals surface area contributed by atoms with Crippen molar-refractivity contribution < 1.29 is 14.6 Å². The Morgan fingerprint density at radius 3 is 2.89 bits per heavy atom. The molecule has 0 spiro atoms. The van der Waals surface area contributed by atoms with Crippen LogP contribution in [0.5, 0.6) is 5.75 Å². The highest BCUT2D eigenvalue weighted by molar-refractivity contribution is 5.77. The van der Waals surface area contributed by atoms with Crippen LogP contribution < -0.4 is 10.1 Å². The first-order valence-electron chi connectivity index (χ1n) is 6.80. The molecule has 1 aliphatic rings. The van der Waals surface area contributed by atoms with Crippen molar-refractivity contribution in [3.63, 3.8) is 0 Å². The maximum absolute atomic E-state index is 11.6. The predicted molar refractivity (Wildman–Crippen MR) is 73.0 cm³/mol. The molecule has 1 saturated carbocycles. The van der Waals surface area contributed by atoms with E-state index in [1.165, 1.54) is 0 Å². The molecule has 2 rings (SSSR count). The summed E-state index contributed by atoms with van der Waals surface area (Å²) in [6.07, 6.45) is 2.59. The minimum atomic E-state index is -0.266. The van der Waals surface area contributed by atoms with Gasteiger partial charge < -0.3 is 15.2 Å². The molecule has 2 N–H and O–H groups in total. The van der Waals surface area contributed by atoms with Gasteiger partial charge in [0, 0.05) is 6.54 Å². The fraction of sp³-hybridized carbons (Fsp3) is 0.533. The zero-order valence-corrected chi connectivity index (χ0v) is 11.3. The van der Waals surface area contributed by atoms with E-state index in [0.717, 1.165) is 24.2 Å². The van der Waals surface area contributed by atoms with Crippen LogP contribution in [0.3, 0.4) is 0 Å². The summed E-state index contributed by atoms with van der Waals surface area (Å²) in [6.45, 7) is 2.47. The lowest BCUT2D eigenvalue weighted by Gasteiger charge is -2.11. The predicted octanol–water partition coefficient (Wildman–Crippen LogP) is 1.65. The number of carbonyl (C=O) groups excluding carboxylic acids is 1. The lowest BCUT2D eigenvalue weighted by molar-refractivity contribution is -0.123. The molecule has 19 heavy (non-hydrogen) atoms. The summed E-state index contributed by atoms with van der Waals surface area (Å²) >= 11 is 0. The van der Waals surface area contributed by atoms with E-state index in [1.807, 2.05) is 31.2 Å². The number of amides is 1. The van der Waals surface area contributed by atoms with Crippen LogP contribution in [0.4, 0.5) is 0 Å². The van der Waals surface area contributed by atoms with E-state index in [4.69, 9.17) is 4.74 Å². The quantitative estimate of drug-likeness (QED) is 0.786. The fourth-order valence-electron chi connectivity index (χ4n) is 1.99. The summed E-state index contributed by atoms with van der Waals surface area (Å²) in [7, 11) is 0. The van der Waals surface area contributed by atoms with Crippen LogP contribution in [0.1, 0.15) is 24.8 Å². The summed E-state index contributed by atoms with van der Waals surface area (Å²) in [5.74, 6) is 1.04. The van der Waals surface area contributed by atoms with Crippen LogP contribution in [-0.2, 0) is 4.79 Å². The fourth-order valence-corrected chi connectivity index (χ4v) is 1.99. The Morgan fingerprint density at radius 2 is 2.21 bits per heavy atom. The minimum Gasteiger partial charge on any atom is -0.484 e. The summed E-state index contributed by atoms with van der Waals surface area (Å²) in [5.41, 5.74) is 1.01. The Kier molecular flexibility index (Phi) is 4.80. The number of carbonyl (C=O) groups is 1. The maximum atomic E-state index is 11.6. The zero-order valence-electron chi connectivity index (χ0n) is 11.3. The molecule has 4 nitrogen and oxygen atoms in total. The van der Waals surface area contributed by atoms with Gasteiger partial charge >= 0.3 is 0 Å². The first kappa shape index (κ1) is 13.9. The number of benzene rings is 1. The van der Waals surface area contributed by atoms with Gasteiger partial charge in [-0.2, -0.15) is 0 Å². The molecule has 1 atom stereocenters. The normalized spacial score (nSPS) is 15.9. The molecule has 104 valence electrons. The number of aryl methyl sites for hydroxylation is 1. The standard InChI is InChI=1S/C15H21NO3/c1-11-4-2-3-5-14(11)19-10-15(18)16-9-8-13(17)12-6-7-12/h2-5,12-13,17H,6-10H2,1H3,(H,16,18)/t13-/m1/s1. The van der Waals surface area contributed by atoms with E-state index >= 15 is 0 Å². The Balaban J connectivity index is 1.63. The van der Waals surface area contributed by atoms with E-state index in [-0.39, 0.29) is 18.6 Å². The lowest BCUT2D eigenvalue weighted by Crippen LogP contribution is -2.31. The van der Waals surface area contributed by atoms with E-state index in [2.05, 4.69) is 5.32 Å². The van der Waals surface area contributed by atoms with Gasteiger partial charge in [0.1, 0.15) is 5.75 Å². The first-order chi connectivity index (χ1) is 9.16. The summed E-state index contributed by atoms with van der Waals surface area (Å²) in [4.78, 5) is 11.6. The van der Waals surface area contributed by atoms with Gasteiger partial charge in [-0.05, 0) is 43.7 Å². The van der Waals surface area contributed by atoms with E-state index < -0.39 is 0 Å². The van der Waals surface area contributed by atoms with Crippen molar-refractivity contribution in [2.45, 2.75) is 32.3 Å². The largest absolute Gasteiger partial charge is 0.484 e. The number of ether oxygens (including phenoxy) is 1. The molecule has 0 radical (unpaired) electrons. The summed E-state index contributed by atoms with van der Waals surface area (Å²) < 4.78 is 5.44. The molecular weight excluding hydrogens is 242 g/mol. The second-order valence-corrected chi connectivity index (χ2v) is 5.10. The number of aliphatic hydroxyl groups excluding tert-OH is 1. The van der Waals surface area contributed by atoms with Gasteiger partial charge in [-0.15, -0.1) is 0 Å². The molecule has 4 heteroatoms. The van der Waals surface area contributed by atoms with E-state index in [1.54, 1.807) is 0 Å². The second kappa shape index (κ2) is 6.57. The van der Waals surface area contributed by atoms with Crippen LogP contribution in [0, 0.1) is 12.8 Å². The summed E-state index contributed by atoms with van der Waals surface area (Å²) in [6, 6.07) is 7.60. The zero-order chi connectivity index (χ0) is 13.7. The molecule has 0 unspecified atom stereocenters. The van der Waals surface area contributed by atoms with Crippen LogP contribution >= 0.6 is 0 Å². The van der Waals surface area contributed by atoms with Crippen LogP contribution in [0.15, 0.2) is 24.3 Å². The Labute approximate surface area is 113 Å².